The predicted octanol–water partition coefficient (Wildman–Crippen LogP) is 0.990. The number of carbonyl (C=O) groups is 3. The lowest BCUT2D eigenvalue weighted by atomic mass is 9.79. The van der Waals surface area contributed by atoms with Gasteiger partial charge in [0.1, 0.15) is 24.7 Å². The van der Waals surface area contributed by atoms with E-state index in [0.717, 1.165) is 5.84 Å². The smallest absolute Gasteiger partial charge is 0.410 e. The van der Waals surface area contributed by atoms with Crippen molar-refractivity contribution in [2.24, 2.45) is 16.8 Å². The third-order valence-corrected chi connectivity index (χ3v) is 8.88. The lowest BCUT2D eigenvalue weighted by Crippen LogP contribution is -2.63. The van der Waals surface area contributed by atoms with Crippen LogP contribution in [0.1, 0.15) is 20.3 Å². The lowest BCUT2D eigenvalue weighted by Gasteiger charge is -2.46. The second-order valence-corrected chi connectivity index (χ2v) is 11.2. The van der Waals surface area contributed by atoms with Gasteiger partial charge in [0, 0.05) is 35.7 Å². The molecule has 208 valence electrons. The Morgan fingerprint density at radius 3 is 2.63 bits per heavy atom. The Kier molecular flexibility index (Phi) is 8.84. The predicted molar refractivity (Wildman–Crippen MR) is 142 cm³/mol. The Labute approximate surface area is 226 Å². The number of fused-ring (bicyclic) bond motifs is 1. The third kappa shape index (κ3) is 5.08. The van der Waals surface area contributed by atoms with Gasteiger partial charge in [0.05, 0.1) is 37.3 Å². The fraction of sp³-hybridized carbons (Fsp3) is 0.615. The van der Waals surface area contributed by atoms with Gasteiger partial charge >= 0.3 is 12.1 Å². The first kappa shape index (κ1) is 28.2. The topological polar surface area (TPSA) is 132 Å². The van der Waals surface area contributed by atoms with Gasteiger partial charge in [-0.05, 0) is 13.3 Å². The van der Waals surface area contributed by atoms with Crippen LogP contribution in [-0.4, -0.2) is 118 Å². The number of carbonyl (C=O) groups excluding carboxylic acids is 3. The van der Waals surface area contributed by atoms with Crippen LogP contribution in [0.5, 0.6) is 0 Å². The molecule has 2 amide bonds. The number of aliphatic imine (C=N–C) groups is 1. The maximum Gasteiger partial charge on any atom is 0.410 e. The zero-order valence-corrected chi connectivity index (χ0v) is 22.6. The number of amidine groups is 1. The number of aliphatic hydroxyl groups excluding tert-OH is 2. The fourth-order valence-electron chi connectivity index (χ4n) is 5.76. The van der Waals surface area contributed by atoms with Crippen molar-refractivity contribution in [3.05, 3.63) is 35.9 Å². The highest BCUT2D eigenvalue weighted by molar-refractivity contribution is 8.03. The van der Waals surface area contributed by atoms with Crippen LogP contribution in [0, 0.1) is 11.8 Å². The summed E-state index contributed by atoms with van der Waals surface area (Å²) in [6.45, 7) is 12.8. The molecule has 0 aromatic rings. The van der Waals surface area contributed by atoms with Crippen molar-refractivity contribution >= 4 is 35.6 Å². The molecule has 0 spiro atoms. The highest BCUT2D eigenvalue weighted by atomic mass is 32.2. The van der Waals surface area contributed by atoms with Crippen LogP contribution in [0.15, 0.2) is 40.9 Å². The SMILES string of the molecule is C=CCOC(=O)C1=C(SC2CC(C3=NCCN3CCO)N(C(=O)OCC=C)C2)C(C)C2C(C(C)O)C(=O)N12. The highest BCUT2D eigenvalue weighted by Gasteiger charge is 2.60. The number of nitrogens with zero attached hydrogens (tertiary/aromatic N) is 4. The van der Waals surface area contributed by atoms with E-state index in [9.17, 15) is 24.6 Å². The van der Waals surface area contributed by atoms with Crippen LogP contribution in [0.2, 0.25) is 0 Å². The molecule has 0 radical (unpaired) electrons. The maximum absolute atomic E-state index is 13.1. The van der Waals surface area contributed by atoms with Crippen molar-refractivity contribution in [1.29, 1.82) is 0 Å². The largest absolute Gasteiger partial charge is 0.457 e. The summed E-state index contributed by atoms with van der Waals surface area (Å²) >= 11 is 1.46. The van der Waals surface area contributed by atoms with E-state index in [2.05, 4.69) is 18.2 Å². The number of thioether (sulfide) groups is 1. The molecule has 4 aliphatic heterocycles. The Balaban J connectivity index is 1.61. The average Bonchev–Trinajstić information content (AvgIpc) is 3.57. The fourth-order valence-corrected chi connectivity index (χ4v) is 7.28. The molecule has 4 rings (SSSR count). The van der Waals surface area contributed by atoms with Gasteiger partial charge < -0.3 is 29.5 Å². The molecule has 4 aliphatic rings. The standard InChI is InChI=1S/C26H36N4O7S/c1-5-11-36-25(34)21-22(15(3)20-19(16(4)32)24(33)30(20)21)38-17-13-18(23-27-7-8-28(23)9-10-31)29(14-17)26(35)37-12-6-2/h5-6,15-20,31-32H,1-2,7-14H2,3-4H3. The molecular formula is C26H36N4O7S. The van der Waals surface area contributed by atoms with Crippen molar-refractivity contribution in [3.8, 4) is 0 Å². The Bertz CT molecular complexity index is 1040. The summed E-state index contributed by atoms with van der Waals surface area (Å²) in [5.74, 6) is -0.947. The van der Waals surface area contributed by atoms with Crippen LogP contribution in [0.3, 0.4) is 0 Å². The number of esters is 1. The molecule has 11 nitrogen and oxygen atoms in total. The number of aliphatic hydroxyl groups is 2. The van der Waals surface area contributed by atoms with E-state index in [1.54, 1.807) is 11.8 Å². The molecule has 0 aliphatic carbocycles. The zero-order valence-electron chi connectivity index (χ0n) is 21.8. The van der Waals surface area contributed by atoms with E-state index >= 15 is 0 Å². The van der Waals surface area contributed by atoms with Gasteiger partial charge in [-0.2, -0.15) is 0 Å². The first-order chi connectivity index (χ1) is 18.2. The minimum Gasteiger partial charge on any atom is -0.457 e. The summed E-state index contributed by atoms with van der Waals surface area (Å²) in [5.41, 5.74) is 0.209. The number of rotatable bonds is 11. The van der Waals surface area contributed by atoms with Gasteiger partial charge in [0.25, 0.3) is 0 Å². The summed E-state index contributed by atoms with van der Waals surface area (Å²) in [6, 6.07) is -0.683. The molecule has 0 aromatic heterocycles. The van der Waals surface area contributed by atoms with Crippen molar-refractivity contribution < 1.29 is 34.1 Å². The number of amides is 2. The summed E-state index contributed by atoms with van der Waals surface area (Å²) in [5, 5.41) is 19.6. The second kappa shape index (κ2) is 11.9. The molecule has 12 heteroatoms. The van der Waals surface area contributed by atoms with Crippen molar-refractivity contribution in [3.63, 3.8) is 0 Å². The minimum absolute atomic E-state index is 0.0100. The summed E-state index contributed by atoms with van der Waals surface area (Å²) < 4.78 is 10.7. The molecule has 2 fully saturated rings. The number of hydrogen-bond donors (Lipinski definition) is 2. The monoisotopic (exact) mass is 548 g/mol. The highest BCUT2D eigenvalue weighted by Crippen LogP contribution is 2.52. The lowest BCUT2D eigenvalue weighted by molar-refractivity contribution is -0.164. The number of likely N-dealkylation sites (tertiary alicyclic amines) is 1. The number of ether oxygens (including phenoxy) is 2. The normalized spacial score (nSPS) is 29.2. The van der Waals surface area contributed by atoms with Crippen LogP contribution in [0.4, 0.5) is 4.79 Å². The van der Waals surface area contributed by atoms with Gasteiger partial charge in [-0.15, -0.1) is 11.8 Å². The summed E-state index contributed by atoms with van der Waals surface area (Å²) in [7, 11) is 0. The Morgan fingerprint density at radius 2 is 1.97 bits per heavy atom. The van der Waals surface area contributed by atoms with Gasteiger partial charge in [-0.25, -0.2) is 9.59 Å². The van der Waals surface area contributed by atoms with E-state index in [1.165, 1.54) is 28.8 Å². The molecular weight excluding hydrogens is 512 g/mol. The molecule has 38 heavy (non-hydrogen) atoms. The summed E-state index contributed by atoms with van der Waals surface area (Å²) in [6.07, 6.45) is 2.20. The molecule has 6 atom stereocenters. The third-order valence-electron chi connectivity index (χ3n) is 7.39. The van der Waals surface area contributed by atoms with Crippen molar-refractivity contribution in [2.75, 3.05) is 46.0 Å². The molecule has 0 saturated carbocycles. The Morgan fingerprint density at radius 1 is 1.26 bits per heavy atom. The first-order valence-corrected chi connectivity index (χ1v) is 13.8. The Hall–Kier alpha value is -2.83. The molecule has 6 unspecified atom stereocenters. The maximum atomic E-state index is 13.1. The van der Waals surface area contributed by atoms with Gasteiger partial charge in [-0.1, -0.05) is 32.2 Å². The van der Waals surface area contributed by atoms with Crippen molar-refractivity contribution in [1.82, 2.24) is 14.7 Å². The zero-order chi connectivity index (χ0) is 27.6. The van der Waals surface area contributed by atoms with Crippen LogP contribution in [-0.2, 0) is 19.1 Å². The number of hydrogen-bond acceptors (Lipinski definition) is 10. The first-order valence-electron chi connectivity index (χ1n) is 12.9. The van der Waals surface area contributed by atoms with E-state index in [0.29, 0.717) is 37.5 Å². The molecule has 0 bridgehead atoms. The average molecular weight is 549 g/mol. The molecule has 4 heterocycles. The van der Waals surface area contributed by atoms with E-state index < -0.39 is 24.1 Å². The van der Waals surface area contributed by atoms with Gasteiger partial charge in [0.2, 0.25) is 5.91 Å². The number of β-amino-alcohol motifs (C(OH)–C–C–N with tert-alkyl or cyclic N) is 1. The van der Waals surface area contributed by atoms with E-state index in [1.807, 2.05) is 11.8 Å². The number of β-lactam (4-membered cyclic amide) rings is 1. The van der Waals surface area contributed by atoms with Gasteiger partial charge in [-0.3, -0.25) is 14.7 Å². The minimum atomic E-state index is -0.843. The molecule has 2 N–H and O–H groups in total. The summed E-state index contributed by atoms with van der Waals surface area (Å²) in [4.78, 5) is 49.5. The van der Waals surface area contributed by atoms with Crippen LogP contribution < -0.4 is 0 Å². The van der Waals surface area contributed by atoms with E-state index in [4.69, 9.17) is 9.47 Å². The molecule has 0 aromatic carbocycles. The second-order valence-electron chi connectivity index (χ2n) is 9.81. The quantitative estimate of drug-likeness (QED) is 0.220. The van der Waals surface area contributed by atoms with Crippen LogP contribution in [0.25, 0.3) is 0 Å². The van der Waals surface area contributed by atoms with E-state index in [-0.39, 0.29) is 54.7 Å². The molecule has 2 saturated heterocycles. The van der Waals surface area contributed by atoms with Crippen molar-refractivity contribution in [2.45, 2.75) is 43.7 Å². The van der Waals surface area contributed by atoms with Gasteiger partial charge in [0.15, 0.2) is 0 Å². The van der Waals surface area contributed by atoms with Crippen LogP contribution >= 0.6 is 11.8 Å².